The van der Waals surface area contributed by atoms with Crippen molar-refractivity contribution in [3.05, 3.63) is 59.4 Å². The summed E-state index contributed by atoms with van der Waals surface area (Å²) >= 11 is 0. The zero-order valence-electron chi connectivity index (χ0n) is 11.9. The molecule has 0 saturated carbocycles. The van der Waals surface area contributed by atoms with Gasteiger partial charge in [-0.05, 0) is 23.8 Å². The highest BCUT2D eigenvalue weighted by Gasteiger charge is 2.21. The summed E-state index contributed by atoms with van der Waals surface area (Å²) in [5.41, 5.74) is 0.217. The summed E-state index contributed by atoms with van der Waals surface area (Å²) in [5.74, 6) is -0.924. The fourth-order valence-electron chi connectivity index (χ4n) is 1.98. The maximum atomic E-state index is 14.0. The van der Waals surface area contributed by atoms with Crippen LogP contribution in [-0.2, 0) is 6.54 Å². The van der Waals surface area contributed by atoms with Gasteiger partial charge in [0.1, 0.15) is 11.6 Å². The SMILES string of the molecule is COc1cccc(CNC(=O)c2cccc(B(O)O)c2F)c1. The molecule has 7 heteroatoms. The number of ether oxygens (including phenoxy) is 1. The minimum absolute atomic E-state index is 0.196. The number of amides is 1. The Bertz CT molecular complexity index is 678. The monoisotopic (exact) mass is 303 g/mol. The van der Waals surface area contributed by atoms with Crippen LogP contribution < -0.4 is 15.5 Å². The van der Waals surface area contributed by atoms with E-state index in [4.69, 9.17) is 14.8 Å². The van der Waals surface area contributed by atoms with Gasteiger partial charge in [0.05, 0.1) is 12.7 Å². The number of hydrogen-bond acceptors (Lipinski definition) is 4. The van der Waals surface area contributed by atoms with Gasteiger partial charge in [-0.2, -0.15) is 0 Å². The number of nitrogens with one attached hydrogen (secondary N) is 1. The molecular formula is C15H15BFNO4. The molecule has 0 heterocycles. The van der Waals surface area contributed by atoms with Crippen LogP contribution in [0.5, 0.6) is 5.75 Å². The van der Waals surface area contributed by atoms with E-state index in [9.17, 15) is 9.18 Å². The Morgan fingerprint density at radius 1 is 1.27 bits per heavy atom. The molecule has 3 N–H and O–H groups in total. The molecule has 2 aromatic carbocycles. The second-order valence-corrected chi connectivity index (χ2v) is 4.62. The molecule has 5 nitrogen and oxygen atoms in total. The van der Waals surface area contributed by atoms with Crippen molar-refractivity contribution in [2.45, 2.75) is 6.54 Å². The smallest absolute Gasteiger partial charge is 0.491 e. The van der Waals surface area contributed by atoms with Gasteiger partial charge in [0.2, 0.25) is 0 Å². The van der Waals surface area contributed by atoms with Crippen LogP contribution in [0.3, 0.4) is 0 Å². The number of halogens is 1. The Labute approximate surface area is 127 Å². The Kier molecular flexibility index (Phi) is 5.14. The quantitative estimate of drug-likeness (QED) is 0.701. The first kappa shape index (κ1) is 16.0. The van der Waals surface area contributed by atoms with Crippen molar-refractivity contribution < 1.29 is 24.0 Å². The molecule has 0 radical (unpaired) electrons. The maximum absolute atomic E-state index is 14.0. The van der Waals surface area contributed by atoms with Crippen LogP contribution in [0.4, 0.5) is 4.39 Å². The van der Waals surface area contributed by atoms with Gasteiger partial charge in [-0.1, -0.05) is 24.3 Å². The molecule has 0 aliphatic carbocycles. The zero-order valence-corrected chi connectivity index (χ0v) is 11.9. The summed E-state index contributed by atoms with van der Waals surface area (Å²) in [6, 6.07) is 11.0. The Balaban J connectivity index is 2.11. The topological polar surface area (TPSA) is 78.8 Å². The average molecular weight is 303 g/mol. The normalized spacial score (nSPS) is 10.2. The van der Waals surface area contributed by atoms with Crippen LogP contribution in [0.2, 0.25) is 0 Å². The second-order valence-electron chi connectivity index (χ2n) is 4.62. The predicted molar refractivity (Wildman–Crippen MR) is 80.4 cm³/mol. The fourth-order valence-corrected chi connectivity index (χ4v) is 1.98. The lowest BCUT2D eigenvalue weighted by molar-refractivity contribution is 0.0947. The van der Waals surface area contributed by atoms with E-state index in [0.717, 1.165) is 5.56 Å². The minimum Gasteiger partial charge on any atom is -0.497 e. The number of hydrogen-bond donors (Lipinski definition) is 3. The summed E-state index contributed by atoms with van der Waals surface area (Å²) in [4.78, 5) is 12.0. The molecule has 1 amide bonds. The van der Waals surface area contributed by atoms with Crippen LogP contribution in [0, 0.1) is 5.82 Å². The highest BCUT2D eigenvalue weighted by molar-refractivity contribution is 6.58. The minimum atomic E-state index is -1.97. The molecule has 0 unspecified atom stereocenters. The predicted octanol–water partition coefficient (Wildman–Crippen LogP) is 0.444. The molecule has 114 valence electrons. The number of carbonyl (C=O) groups is 1. The molecule has 0 spiro atoms. The summed E-state index contributed by atoms with van der Waals surface area (Å²) in [7, 11) is -0.426. The van der Waals surface area contributed by atoms with Crippen molar-refractivity contribution in [2.75, 3.05) is 7.11 Å². The van der Waals surface area contributed by atoms with Crippen molar-refractivity contribution in [3.8, 4) is 5.75 Å². The standard InChI is InChI=1S/C15H15BFNO4/c1-22-11-5-2-4-10(8-11)9-18-15(19)12-6-3-7-13(14(12)17)16(20)21/h2-8,20-21H,9H2,1H3,(H,18,19). The van der Waals surface area contributed by atoms with Crippen molar-refractivity contribution in [1.82, 2.24) is 5.32 Å². The van der Waals surface area contributed by atoms with Gasteiger partial charge >= 0.3 is 7.12 Å². The van der Waals surface area contributed by atoms with E-state index < -0.39 is 18.8 Å². The van der Waals surface area contributed by atoms with Gasteiger partial charge in [0.15, 0.2) is 0 Å². The largest absolute Gasteiger partial charge is 0.497 e. The number of methoxy groups -OCH3 is 1. The lowest BCUT2D eigenvalue weighted by atomic mass is 9.79. The molecule has 0 bridgehead atoms. The summed E-state index contributed by atoms with van der Waals surface area (Å²) in [6.07, 6.45) is 0. The molecule has 2 aromatic rings. The molecule has 22 heavy (non-hydrogen) atoms. The van der Waals surface area contributed by atoms with Crippen molar-refractivity contribution in [3.63, 3.8) is 0 Å². The van der Waals surface area contributed by atoms with Gasteiger partial charge in [0, 0.05) is 12.0 Å². The third-order valence-corrected chi connectivity index (χ3v) is 3.14. The first-order valence-electron chi connectivity index (χ1n) is 6.58. The van der Waals surface area contributed by atoms with Crippen molar-refractivity contribution in [2.24, 2.45) is 0 Å². The lowest BCUT2D eigenvalue weighted by Gasteiger charge is -2.09. The van der Waals surface area contributed by atoms with Crippen LogP contribution >= 0.6 is 0 Å². The summed E-state index contributed by atoms with van der Waals surface area (Å²) in [6.45, 7) is 0.196. The van der Waals surface area contributed by atoms with Crippen molar-refractivity contribution in [1.29, 1.82) is 0 Å². The lowest BCUT2D eigenvalue weighted by Crippen LogP contribution is -2.35. The van der Waals surface area contributed by atoms with E-state index in [2.05, 4.69) is 5.32 Å². The fraction of sp³-hybridized carbons (Fsp3) is 0.133. The van der Waals surface area contributed by atoms with Crippen LogP contribution in [0.25, 0.3) is 0 Å². The molecule has 0 aliphatic rings. The van der Waals surface area contributed by atoms with Gasteiger partial charge in [0.25, 0.3) is 5.91 Å². The second kappa shape index (κ2) is 7.06. The molecule has 0 aromatic heterocycles. The molecule has 0 aliphatic heterocycles. The Morgan fingerprint density at radius 2 is 2.00 bits per heavy atom. The van der Waals surface area contributed by atoms with Gasteiger partial charge in [-0.15, -0.1) is 0 Å². The molecule has 0 fully saturated rings. The summed E-state index contributed by atoms with van der Waals surface area (Å²) in [5, 5.41) is 20.7. The third kappa shape index (κ3) is 3.63. The van der Waals surface area contributed by atoms with E-state index in [0.29, 0.717) is 5.75 Å². The van der Waals surface area contributed by atoms with Crippen LogP contribution in [0.15, 0.2) is 42.5 Å². The van der Waals surface area contributed by atoms with Gasteiger partial charge in [-0.25, -0.2) is 4.39 Å². The zero-order chi connectivity index (χ0) is 16.1. The van der Waals surface area contributed by atoms with Gasteiger partial charge < -0.3 is 20.1 Å². The highest BCUT2D eigenvalue weighted by Crippen LogP contribution is 2.12. The molecule has 2 rings (SSSR count). The average Bonchev–Trinajstić information content (AvgIpc) is 2.52. The van der Waals surface area contributed by atoms with Crippen molar-refractivity contribution >= 4 is 18.5 Å². The first-order valence-corrected chi connectivity index (χ1v) is 6.58. The van der Waals surface area contributed by atoms with E-state index in [1.165, 1.54) is 18.2 Å². The van der Waals surface area contributed by atoms with E-state index in [-0.39, 0.29) is 17.6 Å². The summed E-state index contributed by atoms with van der Waals surface area (Å²) < 4.78 is 19.1. The van der Waals surface area contributed by atoms with E-state index >= 15 is 0 Å². The van der Waals surface area contributed by atoms with E-state index in [1.54, 1.807) is 31.4 Å². The molecule has 0 atom stereocenters. The highest BCUT2D eigenvalue weighted by atomic mass is 19.1. The van der Waals surface area contributed by atoms with Gasteiger partial charge in [-0.3, -0.25) is 4.79 Å². The number of benzene rings is 2. The van der Waals surface area contributed by atoms with Crippen LogP contribution in [-0.4, -0.2) is 30.2 Å². The Hall–Kier alpha value is -2.38. The van der Waals surface area contributed by atoms with E-state index in [1.807, 2.05) is 0 Å². The number of carbonyl (C=O) groups excluding carboxylic acids is 1. The first-order chi connectivity index (χ1) is 10.5. The van der Waals surface area contributed by atoms with Crippen LogP contribution in [0.1, 0.15) is 15.9 Å². The Morgan fingerprint density at radius 3 is 2.68 bits per heavy atom. The third-order valence-electron chi connectivity index (χ3n) is 3.14. The maximum Gasteiger partial charge on any atom is 0.491 e. The molecular weight excluding hydrogens is 288 g/mol. The molecule has 0 saturated heterocycles. The number of rotatable bonds is 5.